The van der Waals surface area contributed by atoms with E-state index in [-0.39, 0.29) is 11.9 Å². The van der Waals surface area contributed by atoms with Crippen molar-refractivity contribution >= 4 is 34.4 Å². The van der Waals surface area contributed by atoms with Crippen LogP contribution < -0.4 is 10.2 Å². The second kappa shape index (κ2) is 9.90. The molecule has 7 rings (SSSR count). The van der Waals surface area contributed by atoms with Crippen molar-refractivity contribution in [3.63, 3.8) is 0 Å². The molecule has 4 aliphatic heterocycles. The number of hydrogen-bond donors (Lipinski definition) is 3. The van der Waals surface area contributed by atoms with Gasteiger partial charge in [-0.05, 0) is 63.8 Å². The molecule has 2 bridgehead atoms. The second-order valence-electron chi connectivity index (χ2n) is 11.8. The van der Waals surface area contributed by atoms with E-state index in [1.54, 1.807) is 13.1 Å². The largest absolute Gasteiger partial charge is 0.392 e. The zero-order valence-electron chi connectivity index (χ0n) is 23.0. The Hall–Kier alpha value is -3.41. The van der Waals surface area contributed by atoms with Crippen LogP contribution in [0.4, 0.5) is 17.6 Å². The van der Waals surface area contributed by atoms with Gasteiger partial charge in [0.15, 0.2) is 5.82 Å². The van der Waals surface area contributed by atoms with Crippen molar-refractivity contribution in [3.8, 4) is 0 Å². The third-order valence-electron chi connectivity index (χ3n) is 9.10. The molecule has 11 heteroatoms. The van der Waals surface area contributed by atoms with E-state index in [2.05, 4.69) is 15.2 Å². The number of nitrogens with zero attached hydrogens (tertiary/aromatic N) is 7. The Balaban J connectivity index is 1.13. The Morgan fingerprint density at radius 2 is 1.90 bits per heavy atom. The number of likely N-dealkylation sites (N-methyl/N-ethyl adjacent to an activating group) is 1. The lowest BCUT2D eigenvalue weighted by molar-refractivity contribution is -0.136. The van der Waals surface area contributed by atoms with Crippen LogP contribution in [0.15, 0.2) is 24.4 Å². The molecule has 0 spiro atoms. The van der Waals surface area contributed by atoms with Gasteiger partial charge in [0.25, 0.3) is 0 Å². The van der Waals surface area contributed by atoms with Crippen LogP contribution in [-0.2, 0) is 17.8 Å². The van der Waals surface area contributed by atoms with E-state index in [1.165, 1.54) is 25.7 Å². The van der Waals surface area contributed by atoms with Gasteiger partial charge in [0.2, 0.25) is 11.9 Å². The number of hydrogen-bond acceptors (Lipinski definition) is 10. The van der Waals surface area contributed by atoms with E-state index >= 15 is 0 Å². The van der Waals surface area contributed by atoms with Crippen LogP contribution in [0.5, 0.6) is 0 Å². The number of pyridine rings is 2. The Bertz CT molecular complexity index is 1440. The van der Waals surface area contributed by atoms with Gasteiger partial charge < -0.3 is 25.3 Å². The maximum Gasteiger partial charge on any atom is 0.240 e. The summed E-state index contributed by atoms with van der Waals surface area (Å²) in [6.45, 7) is 3.40. The van der Waals surface area contributed by atoms with Gasteiger partial charge in [-0.1, -0.05) is 6.07 Å². The molecule has 3 atom stereocenters. The minimum Gasteiger partial charge on any atom is -0.392 e. The molecule has 40 heavy (non-hydrogen) atoms. The van der Waals surface area contributed by atoms with Crippen molar-refractivity contribution in [1.29, 1.82) is 0 Å². The minimum atomic E-state index is -0.669. The third kappa shape index (κ3) is 4.46. The normalized spacial score (nSPS) is 26.9. The molecule has 0 saturated carbocycles. The van der Waals surface area contributed by atoms with Gasteiger partial charge in [-0.2, -0.15) is 0 Å². The number of β-amino-alcohol motifs (C(OH)–C–C–N with tert-alkyl or cyclic N) is 1. The molecular weight excluding hydrogens is 508 g/mol. The summed E-state index contributed by atoms with van der Waals surface area (Å²) in [4.78, 5) is 38.5. The molecule has 4 aliphatic rings. The monoisotopic (exact) mass is 544 g/mol. The third-order valence-corrected chi connectivity index (χ3v) is 9.10. The van der Waals surface area contributed by atoms with E-state index in [4.69, 9.17) is 15.0 Å². The summed E-state index contributed by atoms with van der Waals surface area (Å²) >= 11 is 0. The molecule has 0 radical (unpaired) electrons. The van der Waals surface area contributed by atoms with E-state index < -0.39 is 12.2 Å². The summed E-state index contributed by atoms with van der Waals surface area (Å²) in [5.74, 6) is 2.03. The van der Waals surface area contributed by atoms with Crippen LogP contribution >= 0.6 is 0 Å². The number of likely N-dealkylation sites (tertiary alicyclic amines) is 1. The fourth-order valence-electron chi connectivity index (χ4n) is 7.02. The van der Waals surface area contributed by atoms with Crippen LogP contribution in [0, 0.1) is 0 Å². The molecule has 3 fully saturated rings. The number of rotatable bonds is 5. The molecule has 1 amide bonds. The van der Waals surface area contributed by atoms with E-state index in [0.29, 0.717) is 62.0 Å². The predicted molar refractivity (Wildman–Crippen MR) is 150 cm³/mol. The van der Waals surface area contributed by atoms with Crippen LogP contribution in [0.2, 0.25) is 0 Å². The average Bonchev–Trinajstić information content (AvgIpc) is 3.65. The first-order valence-corrected chi connectivity index (χ1v) is 14.4. The second-order valence-corrected chi connectivity index (χ2v) is 11.8. The average molecular weight is 545 g/mol. The van der Waals surface area contributed by atoms with Gasteiger partial charge in [0.05, 0.1) is 23.9 Å². The first-order chi connectivity index (χ1) is 19.3. The highest BCUT2D eigenvalue weighted by Crippen LogP contribution is 2.42. The number of aromatic nitrogens is 4. The Labute approximate surface area is 233 Å². The topological polar surface area (TPSA) is 131 Å². The quantitative estimate of drug-likeness (QED) is 0.440. The molecule has 3 aromatic rings. The van der Waals surface area contributed by atoms with Crippen molar-refractivity contribution in [2.45, 2.75) is 82.3 Å². The molecule has 0 aromatic carbocycles. The summed E-state index contributed by atoms with van der Waals surface area (Å²) in [6.07, 6.45) is 6.52. The number of nitrogens with one attached hydrogen (secondary N) is 1. The lowest BCUT2D eigenvalue weighted by atomic mass is 10.0. The van der Waals surface area contributed by atoms with E-state index in [9.17, 15) is 15.0 Å². The summed E-state index contributed by atoms with van der Waals surface area (Å²) in [6, 6.07) is 6.49. The number of fused-ring (bicyclic) bond motifs is 4. The highest BCUT2D eigenvalue weighted by Gasteiger charge is 2.41. The van der Waals surface area contributed by atoms with Gasteiger partial charge in [-0.15, -0.1) is 0 Å². The number of amides is 1. The number of aliphatic hydroxyl groups excluding tert-OH is 2. The minimum absolute atomic E-state index is 0.0751. The van der Waals surface area contributed by atoms with Crippen molar-refractivity contribution in [2.24, 2.45) is 0 Å². The van der Waals surface area contributed by atoms with Gasteiger partial charge in [0, 0.05) is 55.4 Å². The summed E-state index contributed by atoms with van der Waals surface area (Å²) in [5.41, 5.74) is 3.42. The smallest absolute Gasteiger partial charge is 0.240 e. The zero-order chi connectivity index (χ0) is 27.5. The van der Waals surface area contributed by atoms with Crippen LogP contribution in [-0.4, -0.2) is 90.2 Å². The fraction of sp³-hybridized carbons (Fsp3) is 0.552. The Morgan fingerprint density at radius 3 is 2.60 bits per heavy atom. The van der Waals surface area contributed by atoms with Crippen molar-refractivity contribution < 1.29 is 15.0 Å². The van der Waals surface area contributed by atoms with Crippen LogP contribution in [0.25, 0.3) is 10.9 Å². The molecule has 0 aliphatic carbocycles. The van der Waals surface area contributed by atoms with Crippen LogP contribution in [0.1, 0.15) is 62.1 Å². The molecule has 3 saturated heterocycles. The van der Waals surface area contributed by atoms with Gasteiger partial charge >= 0.3 is 0 Å². The maximum absolute atomic E-state index is 13.1. The molecular formula is C29H36N8O3. The molecule has 11 nitrogen and oxygen atoms in total. The van der Waals surface area contributed by atoms with E-state index in [1.807, 2.05) is 35.0 Å². The molecule has 3 aromatic heterocycles. The summed E-state index contributed by atoms with van der Waals surface area (Å²) in [5, 5.41) is 24.4. The predicted octanol–water partition coefficient (Wildman–Crippen LogP) is 2.30. The number of aliphatic hydroxyl groups is 2. The van der Waals surface area contributed by atoms with Crippen molar-refractivity contribution in [2.75, 3.05) is 30.4 Å². The number of carbonyl (C=O) groups is 1. The highest BCUT2D eigenvalue weighted by atomic mass is 16.3. The summed E-state index contributed by atoms with van der Waals surface area (Å²) < 4.78 is 0. The molecule has 3 N–H and O–H groups in total. The Morgan fingerprint density at radius 1 is 1.12 bits per heavy atom. The van der Waals surface area contributed by atoms with Gasteiger partial charge in [-0.25, -0.2) is 19.9 Å². The fourth-order valence-corrected chi connectivity index (χ4v) is 7.02. The zero-order valence-corrected chi connectivity index (χ0v) is 23.0. The Kier molecular flexibility index (Phi) is 6.32. The van der Waals surface area contributed by atoms with Gasteiger partial charge in [-0.3, -0.25) is 9.69 Å². The van der Waals surface area contributed by atoms with E-state index in [0.717, 1.165) is 28.0 Å². The molecule has 7 heterocycles. The SMILES string of the molecule is C[C@@H](O)c1cc2cnc(Nc3ccc4c(n3)CCN(C(=O)[C@H]3C[C@H](O)CN3C)C4)nc2c(N2C3CCC2CC3)n1. The standard InChI is InChI=1S/C29H36N8O3/c1-16(38)23-11-18-13-30-29(34-26(18)27(32-23)37-19-4-5-20(37)7-6-19)33-25-8-3-17-14-36(10-9-22(17)31-25)28(40)24-12-21(39)15-35(24)2/h3,8,11,13,16,19-21,24,38-39H,4-7,9-10,12,14-15H2,1-2H3,(H,30,31,33,34)/t16-,19?,20?,21+,24-/m1/s1. The maximum atomic E-state index is 13.1. The lowest BCUT2D eigenvalue weighted by Crippen LogP contribution is -2.46. The van der Waals surface area contributed by atoms with Gasteiger partial charge in [0.1, 0.15) is 11.3 Å². The summed E-state index contributed by atoms with van der Waals surface area (Å²) in [7, 11) is 1.89. The first-order valence-electron chi connectivity index (χ1n) is 14.4. The first kappa shape index (κ1) is 25.6. The number of anilines is 3. The highest BCUT2D eigenvalue weighted by molar-refractivity contribution is 5.90. The molecule has 0 unspecified atom stereocenters. The van der Waals surface area contributed by atoms with Crippen molar-refractivity contribution in [1.82, 2.24) is 29.7 Å². The molecule has 210 valence electrons. The number of carbonyl (C=O) groups excluding carboxylic acids is 1. The van der Waals surface area contributed by atoms with Crippen LogP contribution in [0.3, 0.4) is 0 Å². The lowest BCUT2D eigenvalue weighted by Gasteiger charge is -2.32. The van der Waals surface area contributed by atoms with Crippen molar-refractivity contribution in [3.05, 3.63) is 41.3 Å².